The van der Waals surface area contributed by atoms with Crippen LogP contribution >= 0.6 is 11.3 Å². The lowest BCUT2D eigenvalue weighted by atomic mass is 9.90. The summed E-state index contributed by atoms with van der Waals surface area (Å²) in [7, 11) is 0. The van der Waals surface area contributed by atoms with Crippen LogP contribution in [0.3, 0.4) is 0 Å². The molecule has 0 radical (unpaired) electrons. The highest BCUT2D eigenvalue weighted by Gasteiger charge is 2.24. The Hall–Kier alpha value is -2.67. The van der Waals surface area contributed by atoms with E-state index in [1.54, 1.807) is 40.5 Å². The fourth-order valence-corrected chi connectivity index (χ4v) is 4.68. The first-order valence-corrected chi connectivity index (χ1v) is 10.8. The second-order valence-electron chi connectivity index (χ2n) is 7.53. The molecule has 1 heterocycles. The Balaban J connectivity index is 1.61. The summed E-state index contributed by atoms with van der Waals surface area (Å²) in [5.41, 5.74) is 2.57. The average molecular weight is 414 g/mol. The molecule has 0 aliphatic heterocycles. The van der Waals surface area contributed by atoms with E-state index in [-0.39, 0.29) is 24.3 Å². The van der Waals surface area contributed by atoms with E-state index in [2.05, 4.69) is 17.6 Å². The van der Waals surface area contributed by atoms with Gasteiger partial charge >= 0.3 is 0 Å². The predicted octanol–water partition coefficient (Wildman–Crippen LogP) is 3.93. The summed E-state index contributed by atoms with van der Waals surface area (Å²) in [4.78, 5) is 40.1. The van der Waals surface area contributed by atoms with Crippen molar-refractivity contribution in [3.05, 3.63) is 45.6 Å². The number of nitrogens with zero attached hydrogens (tertiary/aromatic N) is 1. The fourth-order valence-electron chi connectivity index (χ4n) is 3.51. The molecule has 3 rings (SSSR count). The summed E-state index contributed by atoms with van der Waals surface area (Å²) in [5, 5.41) is 5.49. The number of rotatable bonds is 6. The number of benzene rings is 1. The number of anilines is 2. The molecule has 1 aromatic heterocycles. The molecule has 29 heavy (non-hydrogen) atoms. The third-order valence-electron chi connectivity index (χ3n) is 5.03. The van der Waals surface area contributed by atoms with Gasteiger partial charge in [-0.25, -0.2) is 0 Å². The van der Waals surface area contributed by atoms with Crippen LogP contribution in [0.15, 0.2) is 30.3 Å². The first-order chi connectivity index (χ1) is 13.9. The van der Waals surface area contributed by atoms with Gasteiger partial charge in [-0.05, 0) is 68.0 Å². The second kappa shape index (κ2) is 9.22. The molecule has 0 unspecified atom stereocenters. The van der Waals surface area contributed by atoms with Crippen LogP contribution in [0.1, 0.15) is 47.3 Å². The van der Waals surface area contributed by atoms with E-state index in [1.807, 2.05) is 13.0 Å². The maximum atomic E-state index is 12.9. The van der Waals surface area contributed by atoms with E-state index in [0.29, 0.717) is 23.8 Å². The minimum Gasteiger partial charge on any atom is -0.329 e. The molecule has 0 bridgehead atoms. The number of nitrogens with one attached hydrogen (secondary N) is 2. The standard InChI is InChI=1S/C22H27N3O3S/c1-4-25(22(28)20-12-16-11-14(2)5-10-19(16)29-20)13-21(27)24-18-8-6-17(7-9-18)23-15(3)26/h6-9,12,14H,4-5,10-11,13H2,1-3H3,(H,23,26)(H,24,27)/t14-/m0/s1. The molecule has 0 saturated heterocycles. The summed E-state index contributed by atoms with van der Waals surface area (Å²) < 4.78 is 0. The van der Waals surface area contributed by atoms with Gasteiger partial charge in [0.1, 0.15) is 6.54 Å². The van der Waals surface area contributed by atoms with Crippen molar-refractivity contribution in [3.8, 4) is 0 Å². The van der Waals surface area contributed by atoms with Gasteiger partial charge in [-0.1, -0.05) is 6.92 Å². The van der Waals surface area contributed by atoms with E-state index in [9.17, 15) is 14.4 Å². The highest BCUT2D eigenvalue weighted by Crippen LogP contribution is 2.32. The lowest BCUT2D eigenvalue weighted by molar-refractivity contribution is -0.117. The number of carbonyl (C=O) groups is 3. The van der Waals surface area contributed by atoms with Crippen molar-refractivity contribution in [1.82, 2.24) is 4.90 Å². The molecular formula is C22H27N3O3S. The highest BCUT2D eigenvalue weighted by molar-refractivity contribution is 7.14. The second-order valence-corrected chi connectivity index (χ2v) is 8.67. The zero-order chi connectivity index (χ0) is 21.0. The van der Waals surface area contributed by atoms with Gasteiger partial charge in [-0.2, -0.15) is 0 Å². The van der Waals surface area contributed by atoms with Gasteiger partial charge < -0.3 is 15.5 Å². The van der Waals surface area contributed by atoms with Gasteiger partial charge in [-0.3, -0.25) is 14.4 Å². The lowest BCUT2D eigenvalue weighted by Gasteiger charge is -2.19. The van der Waals surface area contributed by atoms with E-state index in [4.69, 9.17) is 0 Å². The summed E-state index contributed by atoms with van der Waals surface area (Å²) >= 11 is 1.57. The maximum Gasteiger partial charge on any atom is 0.264 e. The molecule has 6 nitrogen and oxygen atoms in total. The number of fused-ring (bicyclic) bond motifs is 1. The van der Waals surface area contributed by atoms with Crippen LogP contribution in [-0.2, 0) is 22.4 Å². The normalized spacial score (nSPS) is 15.3. The van der Waals surface area contributed by atoms with Crippen molar-refractivity contribution >= 4 is 40.4 Å². The van der Waals surface area contributed by atoms with Gasteiger partial charge in [0, 0.05) is 29.7 Å². The van der Waals surface area contributed by atoms with Crippen LogP contribution in [0, 0.1) is 5.92 Å². The molecule has 0 spiro atoms. The van der Waals surface area contributed by atoms with Crippen molar-refractivity contribution in [2.24, 2.45) is 5.92 Å². The van der Waals surface area contributed by atoms with Gasteiger partial charge in [0.2, 0.25) is 11.8 Å². The molecule has 0 saturated carbocycles. The molecule has 1 aliphatic carbocycles. The molecule has 1 atom stereocenters. The van der Waals surface area contributed by atoms with Crippen molar-refractivity contribution in [3.63, 3.8) is 0 Å². The van der Waals surface area contributed by atoms with Crippen LogP contribution in [-0.4, -0.2) is 35.7 Å². The van der Waals surface area contributed by atoms with Crippen molar-refractivity contribution < 1.29 is 14.4 Å². The quantitative estimate of drug-likeness (QED) is 0.753. The Morgan fingerprint density at radius 1 is 1.14 bits per heavy atom. The van der Waals surface area contributed by atoms with Crippen LogP contribution in [0.25, 0.3) is 0 Å². The van der Waals surface area contributed by atoms with Crippen LogP contribution in [0.4, 0.5) is 11.4 Å². The highest BCUT2D eigenvalue weighted by atomic mass is 32.1. The van der Waals surface area contributed by atoms with Crippen LogP contribution in [0.2, 0.25) is 0 Å². The Labute approximate surface area is 175 Å². The minimum atomic E-state index is -0.248. The van der Waals surface area contributed by atoms with Gasteiger partial charge in [-0.15, -0.1) is 11.3 Å². The largest absolute Gasteiger partial charge is 0.329 e. The van der Waals surface area contributed by atoms with Gasteiger partial charge in [0.25, 0.3) is 5.91 Å². The lowest BCUT2D eigenvalue weighted by Crippen LogP contribution is -2.37. The number of aryl methyl sites for hydroxylation is 1. The number of likely N-dealkylation sites (N-methyl/N-ethyl adjacent to an activating group) is 1. The van der Waals surface area contributed by atoms with Gasteiger partial charge in [0.15, 0.2) is 0 Å². The van der Waals surface area contributed by atoms with E-state index in [0.717, 1.165) is 17.7 Å². The van der Waals surface area contributed by atoms with Gasteiger partial charge in [0.05, 0.1) is 4.88 Å². The third kappa shape index (κ3) is 5.44. The van der Waals surface area contributed by atoms with E-state index < -0.39 is 0 Å². The van der Waals surface area contributed by atoms with Crippen molar-refractivity contribution in [1.29, 1.82) is 0 Å². The third-order valence-corrected chi connectivity index (χ3v) is 6.26. The monoisotopic (exact) mass is 413 g/mol. The number of carbonyl (C=O) groups excluding carboxylic acids is 3. The SMILES string of the molecule is CCN(CC(=O)Nc1ccc(NC(C)=O)cc1)C(=O)c1cc2c(s1)CC[C@H](C)C2. The maximum absolute atomic E-state index is 12.9. The smallest absolute Gasteiger partial charge is 0.264 e. The first kappa shape index (κ1) is 21.0. The molecule has 0 fully saturated rings. The molecule has 3 amide bonds. The molecule has 1 aliphatic rings. The Morgan fingerprint density at radius 3 is 2.41 bits per heavy atom. The Morgan fingerprint density at radius 2 is 1.79 bits per heavy atom. The molecule has 2 N–H and O–H groups in total. The average Bonchev–Trinajstić information content (AvgIpc) is 3.10. The summed E-state index contributed by atoms with van der Waals surface area (Å²) in [6, 6.07) is 8.89. The zero-order valence-corrected chi connectivity index (χ0v) is 17.9. The van der Waals surface area contributed by atoms with Crippen LogP contribution < -0.4 is 10.6 Å². The van der Waals surface area contributed by atoms with Crippen LogP contribution in [0.5, 0.6) is 0 Å². The number of amides is 3. The Kier molecular flexibility index (Phi) is 6.69. The summed E-state index contributed by atoms with van der Waals surface area (Å²) in [6.45, 7) is 6.03. The van der Waals surface area contributed by atoms with Crippen molar-refractivity contribution in [2.75, 3.05) is 23.7 Å². The van der Waals surface area contributed by atoms with E-state index >= 15 is 0 Å². The molecule has 1 aromatic carbocycles. The number of thiophene rings is 1. The van der Waals surface area contributed by atoms with E-state index in [1.165, 1.54) is 23.8 Å². The zero-order valence-electron chi connectivity index (χ0n) is 17.1. The summed E-state index contributed by atoms with van der Waals surface area (Å²) in [5.74, 6) is 0.173. The van der Waals surface area contributed by atoms with Crippen molar-refractivity contribution in [2.45, 2.75) is 40.0 Å². The Bertz CT molecular complexity index is 905. The molecule has 154 valence electrons. The fraction of sp³-hybridized carbons (Fsp3) is 0.409. The number of hydrogen-bond acceptors (Lipinski definition) is 4. The summed E-state index contributed by atoms with van der Waals surface area (Å²) in [6.07, 6.45) is 3.23. The first-order valence-electron chi connectivity index (χ1n) is 9.94. The number of hydrogen-bond donors (Lipinski definition) is 2. The predicted molar refractivity (Wildman–Crippen MR) is 116 cm³/mol. The molecule has 2 aromatic rings. The molecular weight excluding hydrogens is 386 g/mol. The molecule has 7 heteroatoms. The minimum absolute atomic E-state index is 0.00174. The topological polar surface area (TPSA) is 78.5 Å².